The Bertz CT molecular complexity index is 1400. The van der Waals surface area contributed by atoms with E-state index in [-0.39, 0.29) is 24.3 Å². The van der Waals surface area contributed by atoms with E-state index in [1.807, 2.05) is 12.1 Å². The summed E-state index contributed by atoms with van der Waals surface area (Å²) < 4.78 is 5.21. The first-order valence-corrected chi connectivity index (χ1v) is 10.9. The molecule has 0 aliphatic heterocycles. The third-order valence-corrected chi connectivity index (χ3v) is 5.07. The maximum atomic E-state index is 12.1. The number of nitrogens with one attached hydrogen (secondary N) is 4. The summed E-state index contributed by atoms with van der Waals surface area (Å²) in [6.07, 6.45) is -0.0507. The lowest BCUT2D eigenvalue weighted by molar-refractivity contribution is -0.121. The third-order valence-electron chi connectivity index (χ3n) is 5.07. The molecule has 0 atom stereocenters. The number of amides is 2. The highest BCUT2D eigenvalue weighted by Gasteiger charge is 2.12. The maximum Gasteiger partial charge on any atom is 0.409 e. The van der Waals surface area contributed by atoms with Crippen LogP contribution in [0.15, 0.2) is 57.8 Å². The van der Waals surface area contributed by atoms with Gasteiger partial charge in [-0.3, -0.25) is 14.9 Å². The van der Waals surface area contributed by atoms with Crippen LogP contribution in [-0.2, 0) is 11.2 Å². The van der Waals surface area contributed by atoms with Crippen LogP contribution in [0.3, 0.4) is 0 Å². The van der Waals surface area contributed by atoms with E-state index in [1.165, 1.54) is 0 Å². The van der Waals surface area contributed by atoms with Crippen LogP contribution in [-0.4, -0.2) is 50.5 Å². The fraction of sp³-hybridized carbons (Fsp3) is 0.217. The lowest BCUT2D eigenvalue weighted by Gasteiger charge is -2.08. The number of rotatable bonds is 10. The van der Waals surface area contributed by atoms with Crippen molar-refractivity contribution in [3.8, 4) is 11.4 Å². The number of anilines is 2. The van der Waals surface area contributed by atoms with Crippen LogP contribution in [0.1, 0.15) is 18.7 Å². The van der Waals surface area contributed by atoms with E-state index in [1.54, 1.807) is 36.4 Å². The quantitative estimate of drug-likeness (QED) is 0.215. The molecule has 12 nitrogen and oxygen atoms in total. The van der Waals surface area contributed by atoms with Gasteiger partial charge in [0.05, 0.1) is 5.39 Å². The number of benzene rings is 2. The number of hydrogen-bond acceptors (Lipinski definition) is 8. The Hall–Kier alpha value is -4.74. The zero-order valence-electron chi connectivity index (χ0n) is 18.6. The summed E-state index contributed by atoms with van der Waals surface area (Å²) in [5.41, 5.74) is 0.739. The minimum Gasteiger partial charge on any atom is -0.465 e. The number of fused-ring (bicyclic) bond motifs is 1. The van der Waals surface area contributed by atoms with Gasteiger partial charge < -0.3 is 20.3 Å². The van der Waals surface area contributed by atoms with Gasteiger partial charge in [-0.05, 0) is 24.6 Å². The van der Waals surface area contributed by atoms with Crippen molar-refractivity contribution in [2.24, 2.45) is 0 Å². The van der Waals surface area contributed by atoms with Crippen molar-refractivity contribution in [3.63, 3.8) is 0 Å². The van der Waals surface area contributed by atoms with Crippen molar-refractivity contribution < 1.29 is 19.2 Å². The molecule has 0 aliphatic rings. The lowest BCUT2D eigenvalue weighted by Crippen LogP contribution is -2.26. The first-order valence-electron chi connectivity index (χ1n) is 10.9. The molecule has 0 saturated heterocycles. The lowest BCUT2D eigenvalue weighted by atomic mass is 10.2. The van der Waals surface area contributed by atoms with Crippen molar-refractivity contribution in [2.75, 3.05) is 23.7 Å². The molecule has 0 spiro atoms. The first-order chi connectivity index (χ1) is 17.0. The van der Waals surface area contributed by atoms with Gasteiger partial charge in [0.25, 0.3) is 5.56 Å². The minimum atomic E-state index is -1.17. The zero-order chi connectivity index (χ0) is 24.6. The molecule has 2 aromatic heterocycles. The second kappa shape index (κ2) is 10.9. The minimum absolute atomic E-state index is 0.148. The fourth-order valence-electron chi connectivity index (χ4n) is 3.41. The van der Waals surface area contributed by atoms with E-state index in [0.29, 0.717) is 53.7 Å². The normalized spacial score (nSPS) is 10.7. The Labute approximate surface area is 198 Å². The largest absolute Gasteiger partial charge is 0.465 e. The van der Waals surface area contributed by atoms with E-state index in [9.17, 15) is 14.4 Å². The van der Waals surface area contributed by atoms with Crippen LogP contribution in [0.25, 0.3) is 22.2 Å². The van der Waals surface area contributed by atoms with Crippen LogP contribution in [0.5, 0.6) is 0 Å². The highest BCUT2D eigenvalue weighted by molar-refractivity contribution is 5.90. The molecule has 4 rings (SSSR count). The Balaban J connectivity index is 1.20. The van der Waals surface area contributed by atoms with Gasteiger partial charge in [0.15, 0.2) is 5.82 Å². The van der Waals surface area contributed by atoms with Crippen molar-refractivity contribution in [1.29, 1.82) is 0 Å². The molecule has 2 aromatic carbocycles. The van der Waals surface area contributed by atoms with Crippen molar-refractivity contribution >= 4 is 34.3 Å². The molecule has 4 aromatic rings. The van der Waals surface area contributed by atoms with Crippen molar-refractivity contribution in [1.82, 2.24) is 25.7 Å². The number of aryl methyl sites for hydroxylation is 1. The molecule has 0 saturated carbocycles. The van der Waals surface area contributed by atoms with Gasteiger partial charge in [0.1, 0.15) is 0 Å². The third kappa shape index (κ3) is 6.19. The molecule has 2 heterocycles. The summed E-state index contributed by atoms with van der Waals surface area (Å²) in [5, 5.41) is 28.8. The monoisotopic (exact) mass is 477 g/mol. The molecular formula is C23H23N7O5. The second-order valence-electron chi connectivity index (χ2n) is 7.60. The molecule has 12 heteroatoms. The maximum absolute atomic E-state index is 12.1. The molecule has 0 fully saturated rings. The molecule has 0 radical (unpaired) electrons. The number of carbonyl (C=O) groups excluding carboxylic acids is 1. The zero-order valence-corrected chi connectivity index (χ0v) is 18.6. The summed E-state index contributed by atoms with van der Waals surface area (Å²) >= 11 is 0. The second-order valence-corrected chi connectivity index (χ2v) is 7.60. The SMILES string of the molecule is O=C(O)Nc1cccc(-c2noc(CCC(=O)NCCCNc3n[nH]c(=O)c4ccccc34)n2)c1. The summed E-state index contributed by atoms with van der Waals surface area (Å²) in [6.45, 7) is 1.03. The van der Waals surface area contributed by atoms with E-state index in [2.05, 4.69) is 36.3 Å². The first kappa shape index (κ1) is 23.4. The Morgan fingerprint density at radius 2 is 1.89 bits per heavy atom. The van der Waals surface area contributed by atoms with Gasteiger partial charge in [-0.1, -0.05) is 35.5 Å². The predicted octanol–water partition coefficient (Wildman–Crippen LogP) is 2.61. The molecule has 35 heavy (non-hydrogen) atoms. The van der Waals surface area contributed by atoms with E-state index in [4.69, 9.17) is 9.63 Å². The van der Waals surface area contributed by atoms with Gasteiger partial charge in [-0.15, -0.1) is 0 Å². The topological polar surface area (TPSA) is 175 Å². The molecule has 0 unspecified atom stereocenters. The van der Waals surface area contributed by atoms with Gasteiger partial charge >= 0.3 is 6.09 Å². The highest BCUT2D eigenvalue weighted by Crippen LogP contribution is 2.20. The van der Waals surface area contributed by atoms with Gasteiger partial charge in [-0.25, -0.2) is 9.89 Å². The Kier molecular flexibility index (Phi) is 7.31. The van der Waals surface area contributed by atoms with E-state index in [0.717, 1.165) is 5.39 Å². The average Bonchev–Trinajstić information content (AvgIpc) is 3.33. The molecule has 180 valence electrons. The highest BCUT2D eigenvalue weighted by atomic mass is 16.5. The summed E-state index contributed by atoms with van der Waals surface area (Å²) in [4.78, 5) is 39.0. The summed E-state index contributed by atoms with van der Waals surface area (Å²) in [6, 6.07) is 13.8. The molecule has 2 amide bonds. The molecule has 0 aliphatic carbocycles. The van der Waals surface area contributed by atoms with Crippen LogP contribution >= 0.6 is 0 Å². The van der Waals surface area contributed by atoms with E-state index >= 15 is 0 Å². The standard InChI is InChI=1S/C23H23N7O5/c31-18(24-11-4-12-25-21-16-7-1-2-8-17(16)22(32)29-28-21)9-10-19-27-20(30-35-19)14-5-3-6-15(13-14)26-23(33)34/h1-3,5-8,13,26H,4,9-12H2,(H,24,31)(H,25,28)(H,29,32)(H,33,34). The Morgan fingerprint density at radius 1 is 1.06 bits per heavy atom. The molecular weight excluding hydrogens is 454 g/mol. The fourth-order valence-corrected chi connectivity index (χ4v) is 3.41. The number of H-pyrrole nitrogens is 1. The predicted molar refractivity (Wildman–Crippen MR) is 128 cm³/mol. The summed E-state index contributed by atoms with van der Waals surface area (Å²) in [5.74, 6) is 1.06. The number of carboxylic acid groups (broad SMARTS) is 1. The number of aromatic nitrogens is 4. The van der Waals surface area contributed by atoms with Crippen LogP contribution in [0, 0.1) is 0 Å². The molecule has 5 N–H and O–H groups in total. The number of aromatic amines is 1. The van der Waals surface area contributed by atoms with Crippen LogP contribution in [0.4, 0.5) is 16.3 Å². The number of nitrogens with zero attached hydrogens (tertiary/aromatic N) is 3. The van der Waals surface area contributed by atoms with Crippen LogP contribution < -0.4 is 21.5 Å². The molecule has 0 bridgehead atoms. The van der Waals surface area contributed by atoms with E-state index < -0.39 is 6.09 Å². The Morgan fingerprint density at radius 3 is 2.71 bits per heavy atom. The van der Waals surface area contributed by atoms with Crippen LogP contribution in [0.2, 0.25) is 0 Å². The summed E-state index contributed by atoms with van der Waals surface area (Å²) in [7, 11) is 0. The average molecular weight is 477 g/mol. The smallest absolute Gasteiger partial charge is 0.409 e. The number of hydrogen-bond donors (Lipinski definition) is 5. The van der Waals surface area contributed by atoms with Crippen molar-refractivity contribution in [2.45, 2.75) is 19.3 Å². The van der Waals surface area contributed by atoms with Gasteiger partial charge in [0, 0.05) is 42.6 Å². The van der Waals surface area contributed by atoms with Gasteiger partial charge in [0.2, 0.25) is 17.6 Å². The van der Waals surface area contributed by atoms with Gasteiger partial charge in [-0.2, -0.15) is 10.1 Å². The number of carbonyl (C=O) groups is 2. The van der Waals surface area contributed by atoms with Crippen molar-refractivity contribution in [3.05, 3.63) is 64.8 Å².